The number of aryl methyl sites for hydroxylation is 3. The zero-order valence-corrected chi connectivity index (χ0v) is 15.4. The van der Waals surface area contributed by atoms with Gasteiger partial charge in [-0.1, -0.05) is 12.1 Å². The molecule has 1 fully saturated rings. The van der Waals surface area contributed by atoms with E-state index in [-0.39, 0.29) is 12.5 Å². The van der Waals surface area contributed by atoms with E-state index in [9.17, 15) is 4.79 Å². The van der Waals surface area contributed by atoms with Crippen molar-refractivity contribution < 1.29 is 14.3 Å². The van der Waals surface area contributed by atoms with Gasteiger partial charge in [0.15, 0.2) is 6.61 Å². The summed E-state index contributed by atoms with van der Waals surface area (Å²) in [6.45, 7) is 8.56. The van der Waals surface area contributed by atoms with Gasteiger partial charge in [-0.25, -0.2) is 9.97 Å². The van der Waals surface area contributed by atoms with E-state index in [4.69, 9.17) is 9.47 Å². The molecule has 1 aliphatic rings. The number of ether oxygens (including phenoxy) is 2. The number of morpholine rings is 1. The minimum absolute atomic E-state index is 0.0620. The fraction of sp³-hybridized carbons (Fsp3) is 0.421. The Morgan fingerprint density at radius 3 is 2.54 bits per heavy atom. The largest absolute Gasteiger partial charge is 0.484 e. The Balaban J connectivity index is 1.64. The second-order valence-electron chi connectivity index (χ2n) is 6.32. The van der Waals surface area contributed by atoms with Crippen LogP contribution >= 0.6 is 0 Å². The first kappa shape index (κ1) is 18.1. The van der Waals surface area contributed by atoms with Crippen LogP contribution in [0.1, 0.15) is 17.0 Å². The Labute approximate surface area is 153 Å². The molecule has 0 aliphatic carbocycles. The first-order chi connectivity index (χ1) is 12.5. The zero-order valence-electron chi connectivity index (χ0n) is 15.4. The van der Waals surface area contributed by atoms with Gasteiger partial charge in [-0.2, -0.15) is 0 Å². The number of aromatic nitrogens is 2. The highest BCUT2D eigenvalue weighted by Crippen LogP contribution is 2.21. The topological polar surface area (TPSA) is 76.6 Å². The van der Waals surface area contributed by atoms with Gasteiger partial charge in [-0.3, -0.25) is 4.79 Å². The summed E-state index contributed by atoms with van der Waals surface area (Å²) in [7, 11) is 0. The van der Waals surface area contributed by atoms with Crippen LogP contribution in [0.25, 0.3) is 0 Å². The number of hydrogen-bond acceptors (Lipinski definition) is 6. The van der Waals surface area contributed by atoms with E-state index in [0.717, 1.165) is 30.0 Å². The Morgan fingerprint density at radius 1 is 1.19 bits per heavy atom. The predicted molar refractivity (Wildman–Crippen MR) is 99.8 cm³/mol. The normalized spacial score (nSPS) is 14.2. The molecule has 7 nitrogen and oxygen atoms in total. The van der Waals surface area contributed by atoms with Crippen LogP contribution in [0.15, 0.2) is 24.3 Å². The maximum Gasteiger partial charge on any atom is 0.262 e. The molecule has 0 saturated carbocycles. The smallest absolute Gasteiger partial charge is 0.262 e. The highest BCUT2D eigenvalue weighted by atomic mass is 16.5. The summed E-state index contributed by atoms with van der Waals surface area (Å²) in [5.74, 6) is 1.12. The number of nitrogens with zero attached hydrogens (tertiary/aromatic N) is 3. The van der Waals surface area contributed by atoms with Crippen LogP contribution in [0.3, 0.4) is 0 Å². The van der Waals surface area contributed by atoms with E-state index in [1.165, 1.54) is 0 Å². The summed E-state index contributed by atoms with van der Waals surface area (Å²) < 4.78 is 10.9. The first-order valence-electron chi connectivity index (χ1n) is 8.70. The van der Waals surface area contributed by atoms with Crippen molar-refractivity contribution in [2.75, 3.05) is 43.1 Å². The molecule has 7 heteroatoms. The van der Waals surface area contributed by atoms with Crippen molar-refractivity contribution in [3.8, 4) is 5.75 Å². The molecule has 138 valence electrons. The van der Waals surface area contributed by atoms with E-state index in [1.807, 2.05) is 45.0 Å². The SMILES string of the molecule is Cc1cccc(OCC(=O)Nc2c(C)nc(N3CCOCC3)nc2C)c1. The molecule has 1 aliphatic heterocycles. The summed E-state index contributed by atoms with van der Waals surface area (Å²) in [5, 5.41) is 2.86. The number of benzene rings is 1. The van der Waals surface area contributed by atoms with Gasteiger partial charge in [0.25, 0.3) is 5.91 Å². The quantitative estimate of drug-likeness (QED) is 0.886. The lowest BCUT2D eigenvalue weighted by Crippen LogP contribution is -2.37. The number of anilines is 2. The molecule has 2 heterocycles. The summed E-state index contributed by atoms with van der Waals surface area (Å²) in [6.07, 6.45) is 0. The molecule has 1 amide bonds. The summed E-state index contributed by atoms with van der Waals surface area (Å²) in [6, 6.07) is 7.60. The number of amides is 1. The van der Waals surface area contributed by atoms with Crippen molar-refractivity contribution in [1.82, 2.24) is 9.97 Å². The Hall–Kier alpha value is -2.67. The van der Waals surface area contributed by atoms with Crippen LogP contribution in [0.2, 0.25) is 0 Å². The van der Waals surface area contributed by atoms with Crippen molar-refractivity contribution in [3.63, 3.8) is 0 Å². The van der Waals surface area contributed by atoms with Crippen LogP contribution in [-0.2, 0) is 9.53 Å². The van der Waals surface area contributed by atoms with Crippen LogP contribution in [0, 0.1) is 20.8 Å². The van der Waals surface area contributed by atoms with Crippen LogP contribution in [0.4, 0.5) is 11.6 Å². The van der Waals surface area contributed by atoms with Crippen LogP contribution in [-0.4, -0.2) is 48.8 Å². The van der Waals surface area contributed by atoms with Crippen molar-refractivity contribution in [2.45, 2.75) is 20.8 Å². The molecule has 2 aromatic rings. The van der Waals surface area contributed by atoms with Gasteiger partial charge in [0.2, 0.25) is 5.95 Å². The van der Waals surface area contributed by atoms with E-state index in [2.05, 4.69) is 20.2 Å². The van der Waals surface area contributed by atoms with E-state index < -0.39 is 0 Å². The maximum atomic E-state index is 12.2. The third-order valence-corrected chi connectivity index (χ3v) is 4.18. The molecule has 0 atom stereocenters. The monoisotopic (exact) mass is 356 g/mol. The minimum atomic E-state index is -0.236. The number of rotatable bonds is 5. The molecule has 1 N–H and O–H groups in total. The second-order valence-corrected chi connectivity index (χ2v) is 6.32. The molecule has 0 spiro atoms. The van der Waals surface area contributed by atoms with Crippen LogP contribution < -0.4 is 15.0 Å². The van der Waals surface area contributed by atoms with Gasteiger partial charge in [0.05, 0.1) is 30.3 Å². The van der Waals surface area contributed by atoms with E-state index in [0.29, 0.717) is 30.6 Å². The van der Waals surface area contributed by atoms with E-state index in [1.54, 1.807) is 0 Å². The molecule has 1 aromatic carbocycles. The molecular weight excluding hydrogens is 332 g/mol. The van der Waals surface area contributed by atoms with Gasteiger partial charge >= 0.3 is 0 Å². The standard InChI is InChI=1S/C19H24N4O3/c1-13-5-4-6-16(11-13)26-12-17(24)22-18-14(2)20-19(21-15(18)3)23-7-9-25-10-8-23/h4-6,11H,7-10,12H2,1-3H3,(H,22,24). The molecule has 3 rings (SSSR count). The lowest BCUT2D eigenvalue weighted by molar-refractivity contribution is -0.118. The fourth-order valence-corrected chi connectivity index (χ4v) is 2.81. The van der Waals surface area contributed by atoms with Gasteiger partial charge in [0, 0.05) is 13.1 Å². The van der Waals surface area contributed by atoms with Gasteiger partial charge in [-0.05, 0) is 38.5 Å². The van der Waals surface area contributed by atoms with Gasteiger partial charge < -0.3 is 19.7 Å². The molecular formula is C19H24N4O3. The van der Waals surface area contributed by atoms with Crippen LogP contribution in [0.5, 0.6) is 5.75 Å². The summed E-state index contributed by atoms with van der Waals surface area (Å²) in [5.41, 5.74) is 3.20. The number of hydrogen-bond donors (Lipinski definition) is 1. The molecule has 0 radical (unpaired) electrons. The number of carbonyl (C=O) groups is 1. The molecule has 26 heavy (non-hydrogen) atoms. The lowest BCUT2D eigenvalue weighted by Gasteiger charge is -2.27. The lowest BCUT2D eigenvalue weighted by atomic mass is 10.2. The molecule has 0 unspecified atom stereocenters. The maximum absolute atomic E-state index is 12.2. The fourth-order valence-electron chi connectivity index (χ4n) is 2.81. The minimum Gasteiger partial charge on any atom is -0.484 e. The molecule has 1 aromatic heterocycles. The third kappa shape index (κ3) is 4.49. The first-order valence-corrected chi connectivity index (χ1v) is 8.70. The zero-order chi connectivity index (χ0) is 18.5. The summed E-state index contributed by atoms with van der Waals surface area (Å²) >= 11 is 0. The highest BCUT2D eigenvalue weighted by Gasteiger charge is 2.18. The predicted octanol–water partition coefficient (Wildman–Crippen LogP) is 2.26. The average molecular weight is 356 g/mol. The number of nitrogens with one attached hydrogen (secondary N) is 1. The highest BCUT2D eigenvalue weighted by molar-refractivity contribution is 5.93. The van der Waals surface area contributed by atoms with Crippen molar-refractivity contribution >= 4 is 17.5 Å². The third-order valence-electron chi connectivity index (χ3n) is 4.18. The van der Waals surface area contributed by atoms with Gasteiger partial charge in [0.1, 0.15) is 5.75 Å². The van der Waals surface area contributed by atoms with Gasteiger partial charge in [-0.15, -0.1) is 0 Å². The van der Waals surface area contributed by atoms with Crippen molar-refractivity contribution in [2.24, 2.45) is 0 Å². The number of carbonyl (C=O) groups excluding carboxylic acids is 1. The van der Waals surface area contributed by atoms with Crippen molar-refractivity contribution in [3.05, 3.63) is 41.2 Å². The van der Waals surface area contributed by atoms with E-state index >= 15 is 0 Å². The Bertz CT molecular complexity index is 765. The molecule has 0 bridgehead atoms. The summed E-state index contributed by atoms with van der Waals surface area (Å²) in [4.78, 5) is 23.4. The second kappa shape index (κ2) is 8.14. The Morgan fingerprint density at radius 2 is 1.88 bits per heavy atom. The Kier molecular flexibility index (Phi) is 5.68. The average Bonchev–Trinajstić information content (AvgIpc) is 2.63. The molecule has 1 saturated heterocycles. The van der Waals surface area contributed by atoms with Crippen molar-refractivity contribution in [1.29, 1.82) is 0 Å².